The number of nitrogens with zero attached hydrogens (tertiary/aromatic N) is 4. The molecule has 0 unspecified atom stereocenters. The van der Waals surface area contributed by atoms with Gasteiger partial charge in [0.2, 0.25) is 11.9 Å². The maximum Gasteiger partial charge on any atom is 0.231 e. The molecule has 3 N–H and O–H groups in total. The monoisotopic (exact) mass is 423 g/mol. The van der Waals surface area contributed by atoms with Crippen molar-refractivity contribution in [3.05, 3.63) is 71.4 Å². The Morgan fingerprint density at radius 2 is 1.97 bits per heavy atom. The molecule has 5 rings (SSSR count). The Morgan fingerprint density at radius 3 is 2.78 bits per heavy atom. The van der Waals surface area contributed by atoms with Crippen molar-refractivity contribution in [1.29, 1.82) is 5.26 Å². The van der Waals surface area contributed by atoms with Crippen molar-refractivity contribution in [3.8, 4) is 6.07 Å². The Balaban J connectivity index is 1.53. The predicted octanol–water partition coefficient (Wildman–Crippen LogP) is 4.09. The van der Waals surface area contributed by atoms with Gasteiger partial charge in [0.05, 0.1) is 22.3 Å². The number of benzene rings is 2. The van der Waals surface area contributed by atoms with E-state index in [1.807, 2.05) is 48.5 Å². The first kappa shape index (κ1) is 19.6. The van der Waals surface area contributed by atoms with E-state index in [0.717, 1.165) is 22.5 Å². The number of hydrogen-bond donors (Lipinski definition) is 3. The predicted molar refractivity (Wildman–Crippen MR) is 124 cm³/mol. The summed E-state index contributed by atoms with van der Waals surface area (Å²) >= 11 is 0. The summed E-state index contributed by atoms with van der Waals surface area (Å²) in [5.74, 6) is 1.02. The maximum absolute atomic E-state index is 12.3. The molecular weight excluding hydrogens is 402 g/mol. The van der Waals surface area contributed by atoms with E-state index in [9.17, 15) is 10.1 Å². The van der Waals surface area contributed by atoms with Gasteiger partial charge in [-0.2, -0.15) is 15.2 Å². The Hall–Kier alpha value is -4.38. The third-order valence-electron chi connectivity index (χ3n) is 5.64. The molecule has 158 valence electrons. The summed E-state index contributed by atoms with van der Waals surface area (Å²) in [6.07, 6.45) is 2.84. The summed E-state index contributed by atoms with van der Waals surface area (Å²) in [6, 6.07) is 18.1. The summed E-state index contributed by atoms with van der Waals surface area (Å²) in [7, 11) is 1.78. The molecule has 1 aliphatic heterocycles. The molecule has 0 radical (unpaired) electrons. The minimum absolute atomic E-state index is 0.0800. The molecule has 0 spiro atoms. The van der Waals surface area contributed by atoms with Crippen LogP contribution in [-0.4, -0.2) is 27.9 Å². The van der Waals surface area contributed by atoms with E-state index < -0.39 is 0 Å². The van der Waals surface area contributed by atoms with E-state index in [1.54, 1.807) is 18.1 Å². The van der Waals surface area contributed by atoms with E-state index in [4.69, 9.17) is 0 Å². The highest BCUT2D eigenvalue weighted by Crippen LogP contribution is 2.36. The maximum atomic E-state index is 12.3. The second kappa shape index (κ2) is 8.04. The molecule has 32 heavy (non-hydrogen) atoms. The number of H-pyrrole nitrogens is 1. The topological polar surface area (TPSA) is 110 Å². The molecule has 0 fully saturated rings. The average molecular weight is 423 g/mol. The van der Waals surface area contributed by atoms with E-state index in [0.29, 0.717) is 47.7 Å². The number of nitriles is 1. The number of aromatic nitrogens is 3. The summed E-state index contributed by atoms with van der Waals surface area (Å²) in [5, 5.41) is 16.8. The standard InChI is InChI=1S/C24H21N7O/c1-31-19(32)11-10-16-8-5-9-18(21(16)31)28-24-29-22(26-13-15-6-3-2-4-7-15)20-17(12-25)14-27-23(20)30-24/h2-9,14H,10-11,13H2,1H3,(H3,26,27,28,29,30). The average Bonchev–Trinajstić information content (AvgIpc) is 3.24. The molecule has 0 bridgehead atoms. The normalized spacial score (nSPS) is 13.0. The van der Waals surface area contributed by atoms with Gasteiger partial charge in [-0.25, -0.2) is 0 Å². The number of rotatable bonds is 5. The van der Waals surface area contributed by atoms with Crippen molar-refractivity contribution in [2.45, 2.75) is 19.4 Å². The van der Waals surface area contributed by atoms with Crippen molar-refractivity contribution >= 4 is 40.1 Å². The fourth-order valence-corrected chi connectivity index (χ4v) is 4.03. The second-order valence-electron chi connectivity index (χ2n) is 7.66. The van der Waals surface area contributed by atoms with Crippen LogP contribution in [-0.2, 0) is 17.8 Å². The fraction of sp³-hybridized carbons (Fsp3) is 0.167. The van der Waals surface area contributed by atoms with E-state index in [-0.39, 0.29) is 5.91 Å². The molecule has 0 aliphatic carbocycles. The smallest absolute Gasteiger partial charge is 0.231 e. The van der Waals surface area contributed by atoms with Crippen LogP contribution in [0.25, 0.3) is 11.0 Å². The Labute approximate surface area is 184 Å². The first-order chi connectivity index (χ1) is 15.6. The highest BCUT2D eigenvalue weighted by atomic mass is 16.2. The molecule has 0 saturated heterocycles. The number of hydrogen-bond acceptors (Lipinski definition) is 6. The van der Waals surface area contributed by atoms with Gasteiger partial charge in [-0.15, -0.1) is 0 Å². The van der Waals surface area contributed by atoms with Crippen LogP contribution in [0, 0.1) is 11.3 Å². The zero-order chi connectivity index (χ0) is 22.1. The van der Waals surface area contributed by atoms with Crippen LogP contribution in [0.2, 0.25) is 0 Å². The Kier molecular flexibility index (Phi) is 4.92. The number of amides is 1. The van der Waals surface area contributed by atoms with Crippen LogP contribution < -0.4 is 15.5 Å². The molecule has 1 aliphatic rings. The summed E-state index contributed by atoms with van der Waals surface area (Å²) in [6.45, 7) is 0.556. The molecule has 0 atom stereocenters. The Bertz CT molecular complexity index is 1350. The zero-order valence-corrected chi connectivity index (χ0v) is 17.5. The number of fused-ring (bicyclic) bond motifs is 2. The number of para-hydroxylation sites is 1. The van der Waals surface area contributed by atoms with Gasteiger partial charge in [-0.05, 0) is 23.6 Å². The van der Waals surface area contributed by atoms with Gasteiger partial charge in [0.15, 0.2) is 0 Å². The lowest BCUT2D eigenvalue weighted by Crippen LogP contribution is -2.31. The molecule has 1 amide bonds. The minimum atomic E-state index is 0.0800. The van der Waals surface area contributed by atoms with Gasteiger partial charge in [0.1, 0.15) is 17.5 Å². The third-order valence-corrected chi connectivity index (χ3v) is 5.64. The van der Waals surface area contributed by atoms with E-state index >= 15 is 0 Å². The highest BCUT2D eigenvalue weighted by molar-refractivity contribution is 6.00. The van der Waals surface area contributed by atoms with Crippen molar-refractivity contribution in [2.75, 3.05) is 22.6 Å². The summed E-state index contributed by atoms with van der Waals surface area (Å²) < 4.78 is 0. The second-order valence-corrected chi connectivity index (χ2v) is 7.66. The molecule has 8 nitrogen and oxygen atoms in total. The quantitative estimate of drug-likeness (QED) is 0.446. The molecule has 3 heterocycles. The van der Waals surface area contributed by atoms with Crippen LogP contribution in [0.3, 0.4) is 0 Å². The van der Waals surface area contributed by atoms with Crippen molar-refractivity contribution < 1.29 is 4.79 Å². The Morgan fingerprint density at radius 1 is 1.12 bits per heavy atom. The van der Waals surface area contributed by atoms with E-state index in [2.05, 4.69) is 31.7 Å². The first-order valence-corrected chi connectivity index (χ1v) is 10.4. The number of anilines is 4. The molecule has 8 heteroatoms. The van der Waals surface area contributed by atoms with Gasteiger partial charge < -0.3 is 20.5 Å². The van der Waals surface area contributed by atoms with Crippen LogP contribution in [0.1, 0.15) is 23.1 Å². The number of aromatic amines is 1. The van der Waals surface area contributed by atoms with E-state index in [1.165, 1.54) is 0 Å². The number of carbonyl (C=O) groups excluding carboxylic acids is 1. The summed E-state index contributed by atoms with van der Waals surface area (Å²) in [5.41, 5.74) is 4.84. The van der Waals surface area contributed by atoms with Crippen LogP contribution in [0.15, 0.2) is 54.7 Å². The SMILES string of the molecule is CN1C(=O)CCc2cccc(Nc3nc(NCc4ccccc4)c4c(C#N)c[nH]c4n3)c21. The van der Waals surface area contributed by atoms with Crippen LogP contribution in [0.4, 0.5) is 23.1 Å². The summed E-state index contributed by atoms with van der Waals surface area (Å²) in [4.78, 5) is 26.3. The first-order valence-electron chi connectivity index (χ1n) is 10.4. The highest BCUT2D eigenvalue weighted by Gasteiger charge is 2.24. The molecular formula is C24H21N7O. The van der Waals surface area contributed by atoms with Gasteiger partial charge in [-0.1, -0.05) is 42.5 Å². The number of carbonyl (C=O) groups is 1. The van der Waals surface area contributed by atoms with Crippen molar-refractivity contribution in [2.24, 2.45) is 0 Å². The number of nitrogens with one attached hydrogen (secondary N) is 3. The lowest BCUT2D eigenvalue weighted by molar-refractivity contribution is -0.118. The zero-order valence-electron chi connectivity index (χ0n) is 17.5. The van der Waals surface area contributed by atoms with Crippen LogP contribution >= 0.6 is 0 Å². The van der Waals surface area contributed by atoms with Gasteiger partial charge in [0.25, 0.3) is 0 Å². The number of aryl methyl sites for hydroxylation is 1. The van der Waals surface area contributed by atoms with Crippen molar-refractivity contribution in [1.82, 2.24) is 15.0 Å². The lowest BCUT2D eigenvalue weighted by Gasteiger charge is -2.28. The molecule has 4 aromatic rings. The van der Waals surface area contributed by atoms with Crippen molar-refractivity contribution in [3.63, 3.8) is 0 Å². The fourth-order valence-electron chi connectivity index (χ4n) is 4.03. The molecule has 2 aromatic heterocycles. The molecule has 2 aromatic carbocycles. The largest absolute Gasteiger partial charge is 0.365 e. The van der Waals surface area contributed by atoms with Gasteiger partial charge in [-0.3, -0.25) is 4.79 Å². The lowest BCUT2D eigenvalue weighted by atomic mass is 10.0. The molecule has 0 saturated carbocycles. The minimum Gasteiger partial charge on any atom is -0.365 e. The van der Waals surface area contributed by atoms with Gasteiger partial charge in [0, 0.05) is 26.2 Å². The third kappa shape index (κ3) is 3.50. The van der Waals surface area contributed by atoms with Crippen LogP contribution in [0.5, 0.6) is 0 Å². The van der Waals surface area contributed by atoms with Gasteiger partial charge >= 0.3 is 0 Å².